The largest absolute Gasteiger partial charge is 0.307 e. The molecule has 0 bridgehead atoms. The highest BCUT2D eigenvalue weighted by atomic mass is 19.3. The second-order valence-electron chi connectivity index (χ2n) is 6.71. The van der Waals surface area contributed by atoms with Gasteiger partial charge in [0.15, 0.2) is 0 Å². The predicted molar refractivity (Wildman–Crippen MR) is 96.7 cm³/mol. The smallest absolute Gasteiger partial charge is 0.251 e. The summed E-state index contributed by atoms with van der Waals surface area (Å²) in [7, 11) is 0. The molecule has 2 aromatic rings. The lowest BCUT2D eigenvalue weighted by Crippen LogP contribution is -2.44. The fourth-order valence-corrected chi connectivity index (χ4v) is 3.44. The molecule has 134 valence electrons. The molecule has 1 N–H and O–H groups in total. The third kappa shape index (κ3) is 5.06. The standard InChI is InChI=1S/C20H25F2N3/c1-15(24-19-8-12-25(13-9-19)14-20(21)22)16-2-4-17(5-3-16)18-6-10-23-11-7-18/h2-7,10-11,15,19-20,24H,8-9,12-14H2,1H3/t15-/m0/s1. The van der Waals surface area contributed by atoms with Crippen molar-refractivity contribution in [3.8, 4) is 11.1 Å². The fraction of sp³-hybridized carbons (Fsp3) is 0.450. The van der Waals surface area contributed by atoms with Crippen molar-refractivity contribution in [2.24, 2.45) is 0 Å². The van der Waals surface area contributed by atoms with Gasteiger partial charge in [-0.1, -0.05) is 24.3 Å². The maximum Gasteiger partial charge on any atom is 0.251 e. The van der Waals surface area contributed by atoms with E-state index in [4.69, 9.17) is 0 Å². The van der Waals surface area contributed by atoms with Crippen molar-refractivity contribution < 1.29 is 8.78 Å². The Morgan fingerprint density at radius 2 is 1.64 bits per heavy atom. The lowest BCUT2D eigenvalue weighted by molar-refractivity contribution is 0.0722. The number of aromatic nitrogens is 1. The number of halogens is 2. The van der Waals surface area contributed by atoms with Crippen LogP contribution in [0.2, 0.25) is 0 Å². The molecule has 0 amide bonds. The highest BCUT2D eigenvalue weighted by Gasteiger charge is 2.22. The number of hydrogen-bond acceptors (Lipinski definition) is 3. The first-order chi connectivity index (χ1) is 12.1. The molecule has 25 heavy (non-hydrogen) atoms. The highest BCUT2D eigenvalue weighted by molar-refractivity contribution is 5.62. The van der Waals surface area contributed by atoms with Gasteiger partial charge in [-0.25, -0.2) is 8.78 Å². The first-order valence-corrected chi connectivity index (χ1v) is 8.89. The lowest BCUT2D eigenvalue weighted by atomic mass is 9.99. The lowest BCUT2D eigenvalue weighted by Gasteiger charge is -2.33. The zero-order valence-corrected chi connectivity index (χ0v) is 14.5. The topological polar surface area (TPSA) is 28.2 Å². The van der Waals surface area contributed by atoms with Crippen molar-refractivity contribution >= 4 is 0 Å². The Bertz CT molecular complexity index is 638. The van der Waals surface area contributed by atoms with Gasteiger partial charge < -0.3 is 5.32 Å². The summed E-state index contributed by atoms with van der Waals surface area (Å²) < 4.78 is 24.9. The van der Waals surface area contributed by atoms with E-state index in [0.717, 1.165) is 31.5 Å². The van der Waals surface area contributed by atoms with Crippen LogP contribution in [0.15, 0.2) is 48.8 Å². The Morgan fingerprint density at radius 3 is 2.24 bits per heavy atom. The molecular weight excluding hydrogens is 320 g/mol. The average Bonchev–Trinajstić information content (AvgIpc) is 2.64. The quantitative estimate of drug-likeness (QED) is 0.853. The second-order valence-corrected chi connectivity index (χ2v) is 6.71. The van der Waals surface area contributed by atoms with E-state index in [9.17, 15) is 8.78 Å². The Labute approximate surface area is 148 Å². The van der Waals surface area contributed by atoms with E-state index in [1.807, 2.05) is 17.0 Å². The van der Waals surface area contributed by atoms with E-state index in [1.165, 1.54) is 11.1 Å². The summed E-state index contributed by atoms with van der Waals surface area (Å²) in [6, 6.07) is 13.2. The number of hydrogen-bond donors (Lipinski definition) is 1. The van der Waals surface area contributed by atoms with Gasteiger partial charge in [0.25, 0.3) is 6.43 Å². The SMILES string of the molecule is C[C@H](NC1CCN(CC(F)F)CC1)c1ccc(-c2ccncc2)cc1. The molecule has 1 atom stereocenters. The van der Waals surface area contributed by atoms with E-state index < -0.39 is 6.43 Å². The maximum absolute atomic E-state index is 12.4. The summed E-state index contributed by atoms with van der Waals surface area (Å²) in [6.07, 6.45) is 3.21. The molecule has 2 heterocycles. The normalized spacial score (nSPS) is 17.8. The molecule has 1 aromatic heterocycles. The van der Waals surface area contributed by atoms with Gasteiger partial charge in [0.1, 0.15) is 0 Å². The van der Waals surface area contributed by atoms with Crippen LogP contribution in [-0.2, 0) is 0 Å². The molecule has 1 fully saturated rings. The number of rotatable bonds is 6. The van der Waals surface area contributed by atoms with Gasteiger partial charge in [-0.05, 0) is 61.7 Å². The molecule has 0 aliphatic carbocycles. The molecule has 3 nitrogen and oxygen atoms in total. The van der Waals surface area contributed by atoms with Crippen LogP contribution in [0, 0.1) is 0 Å². The minimum atomic E-state index is -2.23. The summed E-state index contributed by atoms with van der Waals surface area (Å²) in [5.41, 5.74) is 3.58. The Kier molecular flexibility index (Phi) is 6.10. The summed E-state index contributed by atoms with van der Waals surface area (Å²) in [4.78, 5) is 5.91. The summed E-state index contributed by atoms with van der Waals surface area (Å²) in [5.74, 6) is 0. The van der Waals surface area contributed by atoms with E-state index in [1.54, 1.807) is 12.4 Å². The molecule has 0 radical (unpaired) electrons. The number of nitrogens with one attached hydrogen (secondary N) is 1. The number of alkyl halides is 2. The van der Waals surface area contributed by atoms with Gasteiger partial charge in [0, 0.05) is 24.5 Å². The zero-order chi connectivity index (χ0) is 17.6. The van der Waals surface area contributed by atoms with E-state index in [-0.39, 0.29) is 12.6 Å². The van der Waals surface area contributed by atoms with E-state index in [0.29, 0.717) is 6.04 Å². The molecule has 1 aliphatic rings. The number of pyridine rings is 1. The van der Waals surface area contributed by atoms with Gasteiger partial charge in [0.05, 0.1) is 6.54 Å². The van der Waals surface area contributed by atoms with Crippen molar-refractivity contribution in [2.45, 2.75) is 38.3 Å². The van der Waals surface area contributed by atoms with Crippen molar-refractivity contribution in [2.75, 3.05) is 19.6 Å². The molecule has 1 aromatic carbocycles. The highest BCUT2D eigenvalue weighted by Crippen LogP contribution is 2.22. The van der Waals surface area contributed by atoms with Crippen LogP contribution in [0.5, 0.6) is 0 Å². The summed E-state index contributed by atoms with van der Waals surface area (Å²) in [6.45, 7) is 3.55. The van der Waals surface area contributed by atoms with Gasteiger partial charge in [-0.2, -0.15) is 0 Å². The molecule has 0 saturated carbocycles. The minimum absolute atomic E-state index is 0.0985. The fourth-order valence-electron chi connectivity index (χ4n) is 3.44. The first-order valence-electron chi connectivity index (χ1n) is 8.89. The Balaban J connectivity index is 1.53. The average molecular weight is 345 g/mol. The van der Waals surface area contributed by atoms with Crippen LogP contribution in [0.3, 0.4) is 0 Å². The van der Waals surface area contributed by atoms with Crippen molar-refractivity contribution in [1.29, 1.82) is 0 Å². The molecule has 1 saturated heterocycles. The summed E-state index contributed by atoms with van der Waals surface area (Å²) in [5, 5.41) is 3.64. The van der Waals surface area contributed by atoms with Gasteiger partial charge in [-0.15, -0.1) is 0 Å². The molecule has 0 unspecified atom stereocenters. The van der Waals surface area contributed by atoms with Gasteiger partial charge in [-0.3, -0.25) is 9.88 Å². The van der Waals surface area contributed by atoms with Crippen LogP contribution in [0.1, 0.15) is 31.4 Å². The van der Waals surface area contributed by atoms with Crippen LogP contribution in [0.25, 0.3) is 11.1 Å². The molecule has 1 aliphatic heterocycles. The van der Waals surface area contributed by atoms with Crippen LogP contribution >= 0.6 is 0 Å². The van der Waals surface area contributed by atoms with E-state index in [2.05, 4.69) is 41.5 Å². The van der Waals surface area contributed by atoms with Crippen molar-refractivity contribution in [3.63, 3.8) is 0 Å². The maximum atomic E-state index is 12.4. The first kappa shape index (κ1) is 18.0. The summed E-state index contributed by atoms with van der Waals surface area (Å²) >= 11 is 0. The number of likely N-dealkylation sites (tertiary alicyclic amines) is 1. The van der Waals surface area contributed by atoms with Crippen molar-refractivity contribution in [3.05, 3.63) is 54.4 Å². The molecule has 5 heteroatoms. The predicted octanol–water partition coefficient (Wildman–Crippen LogP) is 4.13. The number of nitrogens with zero attached hydrogens (tertiary/aromatic N) is 2. The third-order valence-corrected chi connectivity index (χ3v) is 4.89. The van der Waals surface area contributed by atoms with Crippen LogP contribution in [-0.4, -0.2) is 42.0 Å². The van der Waals surface area contributed by atoms with Crippen molar-refractivity contribution in [1.82, 2.24) is 15.2 Å². The minimum Gasteiger partial charge on any atom is -0.307 e. The Morgan fingerprint density at radius 1 is 1.04 bits per heavy atom. The zero-order valence-electron chi connectivity index (χ0n) is 14.5. The van der Waals surface area contributed by atoms with Gasteiger partial charge >= 0.3 is 0 Å². The van der Waals surface area contributed by atoms with Crippen LogP contribution in [0.4, 0.5) is 8.78 Å². The Hall–Kier alpha value is -1.85. The van der Waals surface area contributed by atoms with E-state index >= 15 is 0 Å². The molecule has 0 spiro atoms. The molecular formula is C20H25F2N3. The second kappa shape index (κ2) is 8.50. The molecule has 3 rings (SSSR count). The number of piperidine rings is 1. The third-order valence-electron chi connectivity index (χ3n) is 4.89. The van der Waals surface area contributed by atoms with Crippen LogP contribution < -0.4 is 5.32 Å². The number of benzene rings is 1. The monoisotopic (exact) mass is 345 g/mol. The van der Waals surface area contributed by atoms with Gasteiger partial charge in [0.2, 0.25) is 0 Å².